The number of urea groups is 1. The SMILES string of the molecule is Cc1cc(N2CCCN(C(=O)NCc3nc(-c4cnccn4)n[nH]3)CC2)ccn1. The van der Waals surface area contributed by atoms with Crippen LogP contribution < -0.4 is 10.2 Å². The molecule has 2 N–H and O–H groups in total. The minimum absolute atomic E-state index is 0.102. The van der Waals surface area contributed by atoms with E-state index in [9.17, 15) is 4.79 Å². The number of H-pyrrole nitrogens is 1. The van der Waals surface area contributed by atoms with Gasteiger partial charge in [0, 0.05) is 56.2 Å². The van der Waals surface area contributed by atoms with Crippen molar-refractivity contribution in [3.8, 4) is 11.5 Å². The zero-order valence-corrected chi connectivity index (χ0v) is 16.2. The molecule has 0 aliphatic carbocycles. The van der Waals surface area contributed by atoms with Crippen molar-refractivity contribution in [3.05, 3.63) is 48.4 Å². The van der Waals surface area contributed by atoms with Crippen LogP contribution in [-0.4, -0.2) is 67.2 Å². The van der Waals surface area contributed by atoms with Gasteiger partial charge in [0.25, 0.3) is 0 Å². The zero-order chi connectivity index (χ0) is 20.1. The molecule has 4 heterocycles. The molecule has 150 valence electrons. The van der Waals surface area contributed by atoms with Crippen LogP contribution in [0.2, 0.25) is 0 Å². The maximum absolute atomic E-state index is 12.6. The monoisotopic (exact) mass is 393 g/mol. The summed E-state index contributed by atoms with van der Waals surface area (Å²) in [6, 6.07) is 3.99. The van der Waals surface area contributed by atoms with Gasteiger partial charge in [-0.1, -0.05) is 0 Å². The van der Waals surface area contributed by atoms with Crippen molar-refractivity contribution in [1.29, 1.82) is 0 Å². The summed E-state index contributed by atoms with van der Waals surface area (Å²) in [5, 5.41) is 9.87. The second kappa shape index (κ2) is 8.63. The van der Waals surface area contributed by atoms with E-state index >= 15 is 0 Å². The van der Waals surface area contributed by atoms with Crippen LogP contribution in [0.15, 0.2) is 36.9 Å². The third-order valence-corrected chi connectivity index (χ3v) is 4.76. The second-order valence-electron chi connectivity index (χ2n) is 6.84. The average Bonchev–Trinajstić information content (AvgIpc) is 3.08. The molecule has 0 aromatic carbocycles. The Kier molecular flexibility index (Phi) is 5.59. The lowest BCUT2D eigenvalue weighted by molar-refractivity contribution is 0.200. The van der Waals surface area contributed by atoms with E-state index in [0.29, 0.717) is 30.4 Å². The van der Waals surface area contributed by atoms with Crippen LogP contribution in [0.4, 0.5) is 10.5 Å². The van der Waals surface area contributed by atoms with E-state index in [0.717, 1.165) is 30.9 Å². The van der Waals surface area contributed by atoms with Crippen LogP contribution in [0.5, 0.6) is 0 Å². The Hall–Kier alpha value is -3.56. The summed E-state index contributed by atoms with van der Waals surface area (Å²) in [4.78, 5) is 33.5. The molecular weight excluding hydrogens is 370 g/mol. The number of pyridine rings is 1. The molecule has 0 radical (unpaired) electrons. The molecule has 0 saturated carbocycles. The Bertz CT molecular complexity index is 959. The van der Waals surface area contributed by atoms with E-state index in [1.165, 1.54) is 0 Å². The minimum Gasteiger partial charge on any atom is -0.370 e. The number of aromatic amines is 1. The third kappa shape index (κ3) is 4.65. The number of amides is 2. The van der Waals surface area contributed by atoms with Crippen LogP contribution in [0.3, 0.4) is 0 Å². The molecule has 0 unspecified atom stereocenters. The Morgan fingerprint density at radius 3 is 2.93 bits per heavy atom. The van der Waals surface area contributed by atoms with Crippen molar-refractivity contribution in [2.75, 3.05) is 31.1 Å². The molecule has 0 bridgehead atoms. The fourth-order valence-corrected chi connectivity index (χ4v) is 3.28. The Morgan fingerprint density at radius 2 is 2.10 bits per heavy atom. The summed E-state index contributed by atoms with van der Waals surface area (Å²) in [5.41, 5.74) is 2.73. The number of aryl methyl sites for hydroxylation is 1. The van der Waals surface area contributed by atoms with E-state index < -0.39 is 0 Å². The van der Waals surface area contributed by atoms with Gasteiger partial charge in [0.1, 0.15) is 11.5 Å². The van der Waals surface area contributed by atoms with Gasteiger partial charge in [0.2, 0.25) is 5.82 Å². The van der Waals surface area contributed by atoms with Crippen LogP contribution in [-0.2, 0) is 6.54 Å². The van der Waals surface area contributed by atoms with E-state index in [1.807, 2.05) is 24.1 Å². The van der Waals surface area contributed by atoms with Gasteiger partial charge in [-0.05, 0) is 25.5 Å². The summed E-state index contributed by atoms with van der Waals surface area (Å²) < 4.78 is 0. The summed E-state index contributed by atoms with van der Waals surface area (Å²) in [6.45, 7) is 5.34. The number of carbonyl (C=O) groups excluding carboxylic acids is 1. The van der Waals surface area contributed by atoms with Crippen molar-refractivity contribution >= 4 is 11.7 Å². The first-order valence-corrected chi connectivity index (χ1v) is 9.57. The number of anilines is 1. The number of hydrogen-bond acceptors (Lipinski definition) is 7. The maximum atomic E-state index is 12.6. The van der Waals surface area contributed by atoms with Crippen LogP contribution in [0.25, 0.3) is 11.5 Å². The summed E-state index contributed by atoms with van der Waals surface area (Å²) in [5.74, 6) is 1.03. The molecule has 1 saturated heterocycles. The topological polar surface area (TPSA) is 116 Å². The number of carbonyl (C=O) groups is 1. The predicted octanol–water partition coefficient (Wildman–Crippen LogP) is 1.39. The number of aromatic nitrogens is 6. The lowest BCUT2D eigenvalue weighted by Crippen LogP contribution is -2.41. The smallest absolute Gasteiger partial charge is 0.317 e. The molecule has 10 nitrogen and oxygen atoms in total. The van der Waals surface area contributed by atoms with Gasteiger partial charge in [-0.3, -0.25) is 15.1 Å². The average molecular weight is 393 g/mol. The standard InChI is InChI=1S/C19H23N9O/c1-14-11-15(3-4-21-14)27-7-2-8-28(10-9-27)19(29)23-13-17-24-18(26-25-17)16-12-20-5-6-22-16/h3-6,11-12H,2,7-10,13H2,1H3,(H,23,29)(H,24,25,26). The van der Waals surface area contributed by atoms with Gasteiger partial charge in [-0.2, -0.15) is 5.10 Å². The Morgan fingerprint density at radius 1 is 1.17 bits per heavy atom. The van der Waals surface area contributed by atoms with Crippen molar-refractivity contribution < 1.29 is 4.79 Å². The summed E-state index contributed by atoms with van der Waals surface area (Å²) >= 11 is 0. The van der Waals surface area contributed by atoms with Crippen molar-refractivity contribution in [3.63, 3.8) is 0 Å². The lowest BCUT2D eigenvalue weighted by Gasteiger charge is -2.24. The van der Waals surface area contributed by atoms with Gasteiger partial charge in [-0.25, -0.2) is 14.8 Å². The van der Waals surface area contributed by atoms with Crippen LogP contribution >= 0.6 is 0 Å². The van der Waals surface area contributed by atoms with Gasteiger partial charge in [0.05, 0.1) is 12.7 Å². The largest absolute Gasteiger partial charge is 0.370 e. The summed E-state index contributed by atoms with van der Waals surface area (Å²) in [7, 11) is 0. The summed E-state index contributed by atoms with van der Waals surface area (Å²) in [6.07, 6.45) is 7.51. The molecule has 2 amide bonds. The number of nitrogens with zero attached hydrogens (tertiary/aromatic N) is 7. The fourth-order valence-electron chi connectivity index (χ4n) is 3.28. The highest BCUT2D eigenvalue weighted by Crippen LogP contribution is 2.17. The molecule has 1 aliphatic heterocycles. The fraction of sp³-hybridized carbons (Fsp3) is 0.368. The molecule has 3 aromatic heterocycles. The van der Waals surface area contributed by atoms with E-state index in [2.05, 4.69) is 46.4 Å². The van der Waals surface area contributed by atoms with Crippen molar-refractivity contribution in [2.24, 2.45) is 0 Å². The van der Waals surface area contributed by atoms with Gasteiger partial charge in [0.15, 0.2) is 0 Å². The Labute approximate surface area is 168 Å². The van der Waals surface area contributed by atoms with E-state index in [4.69, 9.17) is 0 Å². The van der Waals surface area contributed by atoms with E-state index in [1.54, 1.807) is 18.6 Å². The molecule has 0 spiro atoms. The highest BCUT2D eigenvalue weighted by molar-refractivity contribution is 5.74. The molecule has 0 atom stereocenters. The molecule has 4 rings (SSSR count). The first-order valence-electron chi connectivity index (χ1n) is 9.57. The van der Waals surface area contributed by atoms with E-state index in [-0.39, 0.29) is 12.6 Å². The quantitative estimate of drug-likeness (QED) is 0.688. The number of hydrogen-bond donors (Lipinski definition) is 2. The van der Waals surface area contributed by atoms with Gasteiger partial charge >= 0.3 is 6.03 Å². The van der Waals surface area contributed by atoms with Gasteiger partial charge < -0.3 is 15.1 Å². The predicted molar refractivity (Wildman–Crippen MR) is 107 cm³/mol. The molecular formula is C19H23N9O. The highest BCUT2D eigenvalue weighted by Gasteiger charge is 2.19. The zero-order valence-electron chi connectivity index (χ0n) is 16.2. The third-order valence-electron chi connectivity index (χ3n) is 4.76. The van der Waals surface area contributed by atoms with Crippen LogP contribution in [0.1, 0.15) is 17.9 Å². The first-order chi connectivity index (χ1) is 14.2. The molecule has 1 aliphatic rings. The molecule has 29 heavy (non-hydrogen) atoms. The molecule has 3 aromatic rings. The number of nitrogens with one attached hydrogen (secondary N) is 2. The Balaban J connectivity index is 1.31. The lowest BCUT2D eigenvalue weighted by atomic mass is 10.3. The van der Waals surface area contributed by atoms with Gasteiger partial charge in [-0.15, -0.1) is 0 Å². The second-order valence-corrected chi connectivity index (χ2v) is 6.84. The minimum atomic E-state index is -0.102. The maximum Gasteiger partial charge on any atom is 0.317 e. The molecule has 10 heteroatoms. The highest BCUT2D eigenvalue weighted by atomic mass is 16.2. The normalized spacial score (nSPS) is 14.5. The molecule has 1 fully saturated rings. The first kappa shape index (κ1) is 18.8. The van der Waals surface area contributed by atoms with Crippen molar-refractivity contribution in [2.45, 2.75) is 19.9 Å². The van der Waals surface area contributed by atoms with Crippen LogP contribution in [0, 0.1) is 6.92 Å². The number of rotatable bonds is 4. The van der Waals surface area contributed by atoms with Crippen molar-refractivity contribution in [1.82, 2.24) is 40.3 Å².